The molecule has 2 nitrogen and oxygen atoms in total. The molecule has 0 aliphatic carbocycles. The number of nitrogens with one attached hydrogen (secondary N) is 1. The molecule has 4 heteroatoms. The lowest BCUT2D eigenvalue weighted by Gasteiger charge is -2.23. The summed E-state index contributed by atoms with van der Waals surface area (Å²) < 4.78 is 1.22. The van der Waals surface area contributed by atoms with Gasteiger partial charge in [-0.1, -0.05) is 13.8 Å². The summed E-state index contributed by atoms with van der Waals surface area (Å²) >= 11 is 5.34. The standard InChI is InChI=1S/C13H23BrN2S/c1-13(2,6-7-15)5-3-8-16-10-12-11(14)4-9-17-12/h4,9,16H,3,5-8,10,15H2,1-2H3. The maximum Gasteiger partial charge on any atom is 0.0327 e. The van der Waals surface area contributed by atoms with Crippen LogP contribution < -0.4 is 11.1 Å². The Kier molecular flexibility index (Phi) is 6.70. The number of thiophene rings is 1. The Morgan fingerprint density at radius 2 is 2.18 bits per heavy atom. The Labute approximate surface area is 117 Å². The topological polar surface area (TPSA) is 38.0 Å². The van der Waals surface area contributed by atoms with E-state index in [1.807, 2.05) is 0 Å². The van der Waals surface area contributed by atoms with E-state index in [2.05, 4.69) is 46.5 Å². The van der Waals surface area contributed by atoms with Crippen molar-refractivity contribution in [1.29, 1.82) is 0 Å². The first-order valence-electron chi connectivity index (χ1n) is 6.18. The van der Waals surface area contributed by atoms with Gasteiger partial charge in [-0.15, -0.1) is 11.3 Å². The lowest BCUT2D eigenvalue weighted by atomic mass is 9.84. The Morgan fingerprint density at radius 1 is 1.41 bits per heavy atom. The summed E-state index contributed by atoms with van der Waals surface area (Å²) in [4.78, 5) is 1.38. The average Bonchev–Trinajstić information content (AvgIpc) is 2.63. The van der Waals surface area contributed by atoms with E-state index in [0.29, 0.717) is 5.41 Å². The molecule has 3 N–H and O–H groups in total. The monoisotopic (exact) mass is 318 g/mol. The SMILES string of the molecule is CC(C)(CCN)CCCNCc1sccc1Br. The van der Waals surface area contributed by atoms with Crippen LogP contribution in [0.15, 0.2) is 15.9 Å². The van der Waals surface area contributed by atoms with Crippen LogP contribution in [0.25, 0.3) is 0 Å². The van der Waals surface area contributed by atoms with E-state index >= 15 is 0 Å². The summed E-state index contributed by atoms with van der Waals surface area (Å²) in [5.41, 5.74) is 6.00. The number of hydrogen-bond acceptors (Lipinski definition) is 3. The fourth-order valence-corrected chi connectivity index (χ4v) is 3.32. The summed E-state index contributed by atoms with van der Waals surface area (Å²) in [6, 6.07) is 2.10. The van der Waals surface area contributed by atoms with Gasteiger partial charge in [0.15, 0.2) is 0 Å². The molecular formula is C13H23BrN2S. The largest absolute Gasteiger partial charge is 0.330 e. The summed E-state index contributed by atoms with van der Waals surface area (Å²) in [5, 5.41) is 5.61. The summed E-state index contributed by atoms with van der Waals surface area (Å²) in [7, 11) is 0. The smallest absolute Gasteiger partial charge is 0.0327 e. The molecule has 1 aromatic rings. The summed E-state index contributed by atoms with van der Waals surface area (Å²) in [6.45, 7) is 7.45. The first-order chi connectivity index (χ1) is 8.05. The third kappa shape index (κ3) is 6.00. The molecule has 1 aromatic heterocycles. The molecule has 1 rings (SSSR count). The number of halogens is 1. The molecule has 0 aliphatic heterocycles. The molecule has 1 heterocycles. The van der Waals surface area contributed by atoms with Crippen molar-refractivity contribution in [3.05, 3.63) is 20.8 Å². The highest BCUT2D eigenvalue weighted by Gasteiger charge is 2.15. The Bertz CT molecular complexity index is 323. The van der Waals surface area contributed by atoms with Crippen molar-refractivity contribution < 1.29 is 0 Å². The van der Waals surface area contributed by atoms with Gasteiger partial charge in [-0.25, -0.2) is 0 Å². The highest BCUT2D eigenvalue weighted by atomic mass is 79.9. The van der Waals surface area contributed by atoms with E-state index in [1.54, 1.807) is 11.3 Å². The van der Waals surface area contributed by atoms with Crippen molar-refractivity contribution in [3.8, 4) is 0 Å². The van der Waals surface area contributed by atoms with Crippen LogP contribution >= 0.6 is 27.3 Å². The fourth-order valence-electron chi connectivity index (χ4n) is 1.86. The van der Waals surface area contributed by atoms with Gasteiger partial charge in [0.1, 0.15) is 0 Å². The first-order valence-corrected chi connectivity index (χ1v) is 7.85. The zero-order chi connectivity index (χ0) is 12.7. The molecular weight excluding hydrogens is 296 g/mol. The third-order valence-corrected chi connectivity index (χ3v) is 4.93. The first kappa shape index (κ1) is 15.2. The molecule has 17 heavy (non-hydrogen) atoms. The molecule has 0 fully saturated rings. The Morgan fingerprint density at radius 3 is 2.76 bits per heavy atom. The normalized spacial score (nSPS) is 12.0. The zero-order valence-corrected chi connectivity index (χ0v) is 13.2. The predicted molar refractivity (Wildman–Crippen MR) is 80.4 cm³/mol. The van der Waals surface area contributed by atoms with Gasteiger partial charge in [0, 0.05) is 15.9 Å². The van der Waals surface area contributed by atoms with E-state index in [4.69, 9.17) is 5.73 Å². The molecule has 0 unspecified atom stereocenters. The van der Waals surface area contributed by atoms with Crippen LogP contribution in [-0.2, 0) is 6.54 Å². The van der Waals surface area contributed by atoms with Gasteiger partial charge < -0.3 is 11.1 Å². The second-order valence-electron chi connectivity index (χ2n) is 5.17. The lowest BCUT2D eigenvalue weighted by molar-refractivity contribution is 0.302. The van der Waals surface area contributed by atoms with Gasteiger partial charge in [-0.3, -0.25) is 0 Å². The molecule has 0 aliphatic rings. The molecule has 0 saturated heterocycles. The van der Waals surface area contributed by atoms with Crippen molar-refractivity contribution in [2.24, 2.45) is 11.1 Å². The van der Waals surface area contributed by atoms with Crippen molar-refractivity contribution >= 4 is 27.3 Å². The maximum atomic E-state index is 5.61. The van der Waals surface area contributed by atoms with Crippen molar-refractivity contribution in [3.63, 3.8) is 0 Å². The van der Waals surface area contributed by atoms with Crippen LogP contribution in [-0.4, -0.2) is 13.1 Å². The highest BCUT2D eigenvalue weighted by Crippen LogP contribution is 2.25. The second kappa shape index (κ2) is 7.52. The molecule has 0 bridgehead atoms. The van der Waals surface area contributed by atoms with E-state index in [9.17, 15) is 0 Å². The van der Waals surface area contributed by atoms with Crippen LogP contribution in [0.2, 0.25) is 0 Å². The predicted octanol–water partition coefficient (Wildman–Crippen LogP) is 3.76. The van der Waals surface area contributed by atoms with Crippen LogP contribution in [0, 0.1) is 5.41 Å². The molecule has 0 spiro atoms. The highest BCUT2D eigenvalue weighted by molar-refractivity contribution is 9.10. The fraction of sp³-hybridized carbons (Fsp3) is 0.692. The molecule has 0 atom stereocenters. The molecule has 0 aromatic carbocycles. The minimum absolute atomic E-state index is 0.389. The van der Waals surface area contributed by atoms with Gasteiger partial charge in [0.05, 0.1) is 0 Å². The maximum absolute atomic E-state index is 5.61. The zero-order valence-electron chi connectivity index (χ0n) is 10.8. The Hall–Kier alpha value is 0.100. The van der Waals surface area contributed by atoms with E-state index in [-0.39, 0.29) is 0 Å². The Balaban J connectivity index is 2.11. The summed E-state index contributed by atoms with van der Waals surface area (Å²) in [6.07, 6.45) is 3.57. The van der Waals surface area contributed by atoms with Gasteiger partial charge >= 0.3 is 0 Å². The van der Waals surface area contributed by atoms with Crippen molar-refractivity contribution in [2.45, 2.75) is 39.7 Å². The van der Waals surface area contributed by atoms with E-state index < -0.39 is 0 Å². The van der Waals surface area contributed by atoms with Gasteiger partial charge in [0.25, 0.3) is 0 Å². The van der Waals surface area contributed by atoms with Crippen molar-refractivity contribution in [2.75, 3.05) is 13.1 Å². The minimum atomic E-state index is 0.389. The van der Waals surface area contributed by atoms with Crippen LogP contribution in [0.5, 0.6) is 0 Å². The van der Waals surface area contributed by atoms with Crippen LogP contribution in [0.1, 0.15) is 38.0 Å². The van der Waals surface area contributed by atoms with Crippen molar-refractivity contribution in [1.82, 2.24) is 5.32 Å². The number of hydrogen-bond donors (Lipinski definition) is 2. The van der Waals surface area contributed by atoms with Gasteiger partial charge in [0.2, 0.25) is 0 Å². The molecule has 0 radical (unpaired) electrons. The third-order valence-electron chi connectivity index (χ3n) is 3.00. The van der Waals surface area contributed by atoms with E-state index in [1.165, 1.54) is 22.2 Å². The molecule has 0 amide bonds. The van der Waals surface area contributed by atoms with Gasteiger partial charge in [-0.05, 0) is 65.1 Å². The van der Waals surface area contributed by atoms with Gasteiger partial charge in [-0.2, -0.15) is 0 Å². The lowest BCUT2D eigenvalue weighted by Crippen LogP contribution is -2.20. The number of nitrogens with two attached hydrogens (primary N) is 1. The van der Waals surface area contributed by atoms with Crippen LogP contribution in [0.4, 0.5) is 0 Å². The quantitative estimate of drug-likeness (QED) is 0.716. The molecule has 0 saturated carbocycles. The minimum Gasteiger partial charge on any atom is -0.330 e. The molecule has 98 valence electrons. The average molecular weight is 319 g/mol. The second-order valence-corrected chi connectivity index (χ2v) is 7.03. The van der Waals surface area contributed by atoms with Crippen LogP contribution in [0.3, 0.4) is 0 Å². The number of rotatable bonds is 8. The van der Waals surface area contributed by atoms with E-state index in [0.717, 1.165) is 26.1 Å². The summed E-state index contributed by atoms with van der Waals surface area (Å²) in [5.74, 6) is 0.